The van der Waals surface area contributed by atoms with Crippen molar-refractivity contribution in [2.75, 3.05) is 19.6 Å². The van der Waals surface area contributed by atoms with Crippen molar-refractivity contribution in [3.05, 3.63) is 93.0 Å². The highest BCUT2D eigenvalue weighted by Gasteiger charge is 2.29. The van der Waals surface area contributed by atoms with E-state index in [1.807, 2.05) is 13.0 Å². The van der Waals surface area contributed by atoms with Crippen LogP contribution in [-0.2, 0) is 17.7 Å². The molecular formula is C30H33Cl2FN4O4. The van der Waals surface area contributed by atoms with Gasteiger partial charge in [-0.2, -0.15) is 0 Å². The van der Waals surface area contributed by atoms with Crippen molar-refractivity contribution in [3.63, 3.8) is 0 Å². The highest BCUT2D eigenvalue weighted by molar-refractivity contribution is 5.89. The highest BCUT2D eigenvalue weighted by atomic mass is 35.5. The Bertz CT molecular complexity index is 1570. The van der Waals surface area contributed by atoms with Crippen molar-refractivity contribution in [2.45, 2.75) is 57.6 Å². The number of halogens is 3. The van der Waals surface area contributed by atoms with E-state index in [9.17, 15) is 14.0 Å². The number of ether oxygens (including phenoxy) is 1. The number of hydrogen-bond donors (Lipinski definition) is 0. The van der Waals surface area contributed by atoms with Crippen LogP contribution >= 0.6 is 24.8 Å². The largest absolute Gasteiger partial charge is 0.451 e. The van der Waals surface area contributed by atoms with Gasteiger partial charge in [0.15, 0.2) is 17.5 Å². The van der Waals surface area contributed by atoms with Crippen molar-refractivity contribution in [3.8, 4) is 0 Å². The molecule has 0 saturated carbocycles. The molecule has 0 radical (unpaired) electrons. The molecule has 0 amide bonds. The molecule has 1 unspecified atom stereocenters. The number of carbonyl (C=O) groups is 1. The van der Waals surface area contributed by atoms with Crippen LogP contribution in [0.15, 0.2) is 57.8 Å². The third kappa shape index (κ3) is 6.32. The van der Waals surface area contributed by atoms with E-state index >= 15 is 0 Å². The molecular weight excluding hydrogens is 570 g/mol. The van der Waals surface area contributed by atoms with Crippen molar-refractivity contribution in [2.24, 2.45) is 0 Å². The molecule has 4 aromatic rings. The number of nitrogens with zero attached hydrogens (tertiary/aromatic N) is 4. The van der Waals surface area contributed by atoms with Crippen molar-refractivity contribution in [1.29, 1.82) is 0 Å². The Labute approximate surface area is 249 Å². The SMILES string of the molecule is Cc1nc2n(c(=O)c1CCN1CCC(c3noc4cc(F)ccc34)CC1)CCCC2OC(=O)c1ccccc1.Cl.Cl. The molecule has 0 spiro atoms. The molecule has 1 saturated heterocycles. The minimum Gasteiger partial charge on any atom is -0.451 e. The molecule has 4 heterocycles. The second-order valence-electron chi connectivity index (χ2n) is 10.5. The first-order chi connectivity index (χ1) is 19.0. The summed E-state index contributed by atoms with van der Waals surface area (Å²) in [6.45, 7) is 4.98. The van der Waals surface area contributed by atoms with Crippen LogP contribution in [-0.4, -0.2) is 45.2 Å². The number of carbonyl (C=O) groups excluding carboxylic acids is 1. The van der Waals surface area contributed by atoms with Gasteiger partial charge in [0.2, 0.25) is 0 Å². The van der Waals surface area contributed by atoms with Gasteiger partial charge in [0, 0.05) is 41.7 Å². The van der Waals surface area contributed by atoms with Gasteiger partial charge in [-0.3, -0.25) is 9.36 Å². The fourth-order valence-electron chi connectivity index (χ4n) is 5.84. The lowest BCUT2D eigenvalue weighted by atomic mass is 9.91. The Kier molecular flexibility index (Phi) is 9.84. The van der Waals surface area contributed by atoms with Crippen LogP contribution in [0, 0.1) is 12.7 Å². The summed E-state index contributed by atoms with van der Waals surface area (Å²) in [6.07, 6.45) is 3.33. The number of likely N-dealkylation sites (tertiary alicyclic amines) is 1. The van der Waals surface area contributed by atoms with Gasteiger partial charge in [0.1, 0.15) is 5.82 Å². The molecule has 0 N–H and O–H groups in total. The number of hydrogen-bond acceptors (Lipinski definition) is 7. The van der Waals surface area contributed by atoms with Crippen LogP contribution in [0.3, 0.4) is 0 Å². The summed E-state index contributed by atoms with van der Waals surface area (Å²) in [4.78, 5) is 33.3. The van der Waals surface area contributed by atoms with Crippen molar-refractivity contribution >= 4 is 41.8 Å². The number of piperidine rings is 1. The lowest BCUT2D eigenvalue weighted by molar-refractivity contribution is 0.0199. The fraction of sp³-hybridized carbons (Fsp3) is 0.400. The van der Waals surface area contributed by atoms with Crippen molar-refractivity contribution < 1.29 is 18.4 Å². The van der Waals surface area contributed by atoms with Crippen LogP contribution in [0.2, 0.25) is 0 Å². The molecule has 11 heteroatoms. The van der Waals surface area contributed by atoms with Gasteiger partial charge in [0.05, 0.1) is 11.3 Å². The Balaban J connectivity index is 0.00000194. The number of aryl methyl sites for hydroxylation is 1. The molecule has 1 fully saturated rings. The summed E-state index contributed by atoms with van der Waals surface area (Å²) < 4.78 is 26.3. The minimum atomic E-state index is -0.532. The molecule has 1 atom stereocenters. The first-order valence-corrected chi connectivity index (χ1v) is 13.6. The van der Waals surface area contributed by atoms with E-state index in [4.69, 9.17) is 14.2 Å². The zero-order chi connectivity index (χ0) is 26.9. The lowest BCUT2D eigenvalue weighted by Crippen LogP contribution is -2.38. The molecule has 2 aliphatic rings. The summed E-state index contributed by atoms with van der Waals surface area (Å²) in [5, 5.41) is 5.12. The first kappa shape index (κ1) is 30.7. The summed E-state index contributed by atoms with van der Waals surface area (Å²) in [7, 11) is 0. The van der Waals surface area contributed by atoms with Gasteiger partial charge in [-0.25, -0.2) is 14.2 Å². The van der Waals surface area contributed by atoms with E-state index in [-0.39, 0.29) is 42.1 Å². The van der Waals surface area contributed by atoms with Gasteiger partial charge in [-0.15, -0.1) is 24.8 Å². The maximum absolute atomic E-state index is 13.5. The lowest BCUT2D eigenvalue weighted by Gasteiger charge is -2.31. The van der Waals surface area contributed by atoms with E-state index in [1.165, 1.54) is 12.1 Å². The fourth-order valence-corrected chi connectivity index (χ4v) is 5.84. The second kappa shape index (κ2) is 13.1. The highest BCUT2D eigenvalue weighted by Crippen LogP contribution is 2.33. The Morgan fingerprint density at radius 2 is 1.83 bits per heavy atom. The van der Waals surface area contributed by atoms with Crippen LogP contribution in [0.1, 0.15) is 70.8 Å². The molecule has 8 nitrogen and oxygen atoms in total. The molecule has 2 aliphatic heterocycles. The van der Waals surface area contributed by atoms with Gasteiger partial charge in [-0.1, -0.05) is 23.4 Å². The van der Waals surface area contributed by atoms with Crippen LogP contribution < -0.4 is 5.56 Å². The van der Waals surface area contributed by atoms with Gasteiger partial charge >= 0.3 is 5.97 Å². The summed E-state index contributed by atoms with van der Waals surface area (Å²) in [5.74, 6) is 0.0735. The Hall–Kier alpha value is -3.27. The van der Waals surface area contributed by atoms with E-state index in [2.05, 4.69) is 10.1 Å². The van der Waals surface area contributed by atoms with Gasteiger partial charge < -0.3 is 14.2 Å². The van der Waals surface area contributed by atoms with E-state index in [0.29, 0.717) is 42.1 Å². The van der Waals surface area contributed by atoms with Crippen LogP contribution in [0.4, 0.5) is 4.39 Å². The third-order valence-electron chi connectivity index (χ3n) is 8.01. The molecule has 2 aromatic carbocycles. The van der Waals surface area contributed by atoms with Crippen LogP contribution in [0.5, 0.6) is 0 Å². The number of fused-ring (bicyclic) bond motifs is 2. The molecule has 0 bridgehead atoms. The molecule has 218 valence electrons. The van der Waals surface area contributed by atoms with Gasteiger partial charge in [-0.05, 0) is 76.4 Å². The zero-order valence-corrected chi connectivity index (χ0v) is 24.4. The topological polar surface area (TPSA) is 90.5 Å². The summed E-state index contributed by atoms with van der Waals surface area (Å²) in [6, 6.07) is 13.5. The average Bonchev–Trinajstić information content (AvgIpc) is 3.37. The Morgan fingerprint density at radius 3 is 2.59 bits per heavy atom. The van der Waals surface area contributed by atoms with E-state index in [1.54, 1.807) is 34.9 Å². The number of benzene rings is 2. The molecule has 41 heavy (non-hydrogen) atoms. The maximum atomic E-state index is 13.5. The zero-order valence-electron chi connectivity index (χ0n) is 22.8. The number of esters is 1. The summed E-state index contributed by atoms with van der Waals surface area (Å²) >= 11 is 0. The third-order valence-corrected chi connectivity index (χ3v) is 8.01. The predicted molar refractivity (Wildman–Crippen MR) is 158 cm³/mol. The quantitative estimate of drug-likeness (QED) is 0.258. The van der Waals surface area contributed by atoms with E-state index < -0.39 is 12.1 Å². The summed E-state index contributed by atoms with van der Waals surface area (Å²) in [5.41, 5.74) is 3.26. The number of aromatic nitrogens is 3. The standard InChI is InChI=1S/C30H31FN4O4.2ClH/c1-19-23(13-17-34-15-11-20(12-16-34)27-24-10-9-22(31)18-26(24)39-33-27)29(36)35-14-5-8-25(28(35)32-19)38-30(37)21-6-3-2-4-7-21;;/h2-4,6-7,9-10,18,20,25H,5,8,11-17H2,1H3;2*1H. The predicted octanol–water partition coefficient (Wildman–Crippen LogP) is 5.79. The monoisotopic (exact) mass is 602 g/mol. The van der Waals surface area contributed by atoms with Crippen LogP contribution in [0.25, 0.3) is 11.0 Å². The first-order valence-electron chi connectivity index (χ1n) is 13.6. The smallest absolute Gasteiger partial charge is 0.338 e. The van der Waals surface area contributed by atoms with Gasteiger partial charge in [0.25, 0.3) is 5.56 Å². The maximum Gasteiger partial charge on any atom is 0.338 e. The molecule has 0 aliphatic carbocycles. The van der Waals surface area contributed by atoms with Crippen molar-refractivity contribution in [1.82, 2.24) is 19.6 Å². The number of rotatable bonds is 6. The Morgan fingerprint density at radius 1 is 1.07 bits per heavy atom. The second-order valence-corrected chi connectivity index (χ2v) is 10.5. The molecule has 2 aromatic heterocycles. The minimum absolute atomic E-state index is 0. The normalized spacial score (nSPS) is 17.4. The van der Waals surface area contributed by atoms with E-state index in [0.717, 1.165) is 55.5 Å². The molecule has 6 rings (SSSR count). The average molecular weight is 604 g/mol.